The second-order valence-corrected chi connectivity index (χ2v) is 2.36. The summed E-state index contributed by atoms with van der Waals surface area (Å²) in [6.45, 7) is 0. The zero-order chi connectivity index (χ0) is 8.55. The second-order valence-electron chi connectivity index (χ2n) is 2.36. The minimum atomic E-state index is -0.380. The van der Waals surface area contributed by atoms with Crippen LogP contribution in [-0.4, -0.2) is 17.1 Å². The predicted octanol–water partition coefficient (Wildman–Crippen LogP) is 1.08. The number of fused-ring (bicyclic) bond motifs is 1. The summed E-state index contributed by atoms with van der Waals surface area (Å²) in [4.78, 5) is 18.5. The Bertz CT molecular complexity index is 370. The van der Waals surface area contributed by atoms with Crippen molar-refractivity contribution in [3.8, 4) is 0 Å². The molecule has 1 aliphatic rings. The van der Waals surface area contributed by atoms with Crippen molar-refractivity contribution < 1.29 is 14.9 Å². The fraction of sp³-hybridized carbons (Fsp3) is 0. The van der Waals surface area contributed by atoms with Crippen LogP contribution in [-0.2, 0) is 4.89 Å². The lowest BCUT2D eigenvalue weighted by Crippen LogP contribution is -2.00. The molecule has 4 nitrogen and oxygen atoms in total. The number of hydrogen-bond donors (Lipinski definition) is 1. The van der Waals surface area contributed by atoms with Gasteiger partial charge in [0.25, 0.3) is 11.8 Å². The molecule has 60 valence electrons. The van der Waals surface area contributed by atoms with Crippen LogP contribution in [0.4, 0.5) is 0 Å². The van der Waals surface area contributed by atoms with Crippen LogP contribution in [0.3, 0.4) is 0 Å². The number of nitrogens with zero attached hydrogens (tertiary/aromatic N) is 1. The smallest absolute Gasteiger partial charge is 0.281 e. The van der Waals surface area contributed by atoms with Crippen molar-refractivity contribution in [3.63, 3.8) is 0 Å². The molecule has 1 aliphatic heterocycles. The van der Waals surface area contributed by atoms with E-state index in [0.717, 1.165) is 0 Å². The molecular formula is C8H5NO3. The van der Waals surface area contributed by atoms with Gasteiger partial charge in [-0.2, -0.15) is 4.99 Å². The second kappa shape index (κ2) is 2.42. The van der Waals surface area contributed by atoms with Gasteiger partial charge in [0.15, 0.2) is 0 Å². The molecule has 4 heteroatoms. The fourth-order valence-corrected chi connectivity index (χ4v) is 1.14. The Hall–Kier alpha value is -1.68. The summed E-state index contributed by atoms with van der Waals surface area (Å²) in [6.07, 6.45) is 0. The first-order valence-corrected chi connectivity index (χ1v) is 3.37. The molecule has 1 aromatic rings. The Kier molecular flexibility index (Phi) is 1.41. The summed E-state index contributed by atoms with van der Waals surface area (Å²) < 4.78 is 0. The Balaban J connectivity index is 2.60. The molecule has 12 heavy (non-hydrogen) atoms. The lowest BCUT2D eigenvalue weighted by molar-refractivity contribution is -0.153. The van der Waals surface area contributed by atoms with Gasteiger partial charge in [-0.05, 0) is 12.1 Å². The topological polar surface area (TPSA) is 58.9 Å². The van der Waals surface area contributed by atoms with Crippen LogP contribution < -0.4 is 0 Å². The molecule has 2 rings (SSSR count). The van der Waals surface area contributed by atoms with Gasteiger partial charge in [-0.15, -0.1) is 0 Å². The molecule has 0 spiro atoms. The molecule has 0 aliphatic carbocycles. The van der Waals surface area contributed by atoms with E-state index < -0.39 is 0 Å². The Labute approximate surface area is 68.0 Å². The van der Waals surface area contributed by atoms with Gasteiger partial charge in [0.2, 0.25) is 0 Å². The van der Waals surface area contributed by atoms with Gasteiger partial charge < -0.3 is 4.89 Å². The van der Waals surface area contributed by atoms with E-state index in [1.54, 1.807) is 24.3 Å². The molecule has 0 unspecified atom stereocenters. The molecule has 0 fully saturated rings. The van der Waals surface area contributed by atoms with Gasteiger partial charge in [0, 0.05) is 0 Å². The molecule has 1 amide bonds. The molecule has 0 radical (unpaired) electrons. The third-order valence-electron chi connectivity index (χ3n) is 1.68. The Morgan fingerprint density at radius 1 is 1.25 bits per heavy atom. The van der Waals surface area contributed by atoms with E-state index in [2.05, 4.69) is 9.88 Å². The summed E-state index contributed by atoms with van der Waals surface area (Å²) in [6, 6.07) is 6.76. The maximum Gasteiger partial charge on any atom is 0.281 e. The average Bonchev–Trinajstić information content (AvgIpc) is 2.44. The number of rotatable bonds is 0. The van der Waals surface area contributed by atoms with Crippen molar-refractivity contribution in [2.75, 3.05) is 0 Å². The Morgan fingerprint density at radius 3 is 2.58 bits per heavy atom. The average molecular weight is 163 g/mol. The maximum atomic E-state index is 11.1. The van der Waals surface area contributed by atoms with Crippen LogP contribution in [0.25, 0.3) is 0 Å². The zero-order valence-electron chi connectivity index (χ0n) is 6.02. The summed E-state index contributed by atoms with van der Waals surface area (Å²) in [7, 11) is 0. The zero-order valence-corrected chi connectivity index (χ0v) is 6.02. The van der Waals surface area contributed by atoms with Gasteiger partial charge >= 0.3 is 0 Å². The van der Waals surface area contributed by atoms with E-state index in [-0.39, 0.29) is 11.8 Å². The Morgan fingerprint density at radius 2 is 1.92 bits per heavy atom. The van der Waals surface area contributed by atoms with Crippen molar-refractivity contribution in [3.05, 3.63) is 35.4 Å². The third-order valence-corrected chi connectivity index (χ3v) is 1.68. The SMILES string of the molecule is O=C1N=C(OO)c2ccccc21. The van der Waals surface area contributed by atoms with Crippen LogP contribution in [0, 0.1) is 0 Å². The molecule has 0 aromatic heterocycles. The van der Waals surface area contributed by atoms with Gasteiger partial charge in [-0.3, -0.25) is 4.79 Å². The van der Waals surface area contributed by atoms with Gasteiger partial charge in [-0.1, -0.05) is 12.1 Å². The van der Waals surface area contributed by atoms with Gasteiger partial charge in [-0.25, -0.2) is 5.26 Å². The lowest BCUT2D eigenvalue weighted by atomic mass is 10.1. The highest BCUT2D eigenvalue weighted by molar-refractivity contribution is 6.18. The first-order valence-electron chi connectivity index (χ1n) is 3.37. The first-order chi connectivity index (χ1) is 5.83. The van der Waals surface area contributed by atoms with E-state index in [1.165, 1.54) is 0 Å². The highest BCUT2D eigenvalue weighted by Gasteiger charge is 2.23. The van der Waals surface area contributed by atoms with Crippen LogP contribution in [0.5, 0.6) is 0 Å². The first kappa shape index (κ1) is 7.00. The van der Waals surface area contributed by atoms with E-state index >= 15 is 0 Å². The third kappa shape index (κ3) is 0.820. The number of amides is 1. The lowest BCUT2D eigenvalue weighted by Gasteiger charge is -1.95. The van der Waals surface area contributed by atoms with E-state index in [0.29, 0.717) is 11.1 Å². The van der Waals surface area contributed by atoms with Crippen LogP contribution in [0.2, 0.25) is 0 Å². The number of aliphatic imine (C=N–C) groups is 1. The van der Waals surface area contributed by atoms with Crippen molar-refractivity contribution in [1.29, 1.82) is 0 Å². The summed E-state index contributed by atoms with van der Waals surface area (Å²) in [5, 5.41) is 8.35. The summed E-state index contributed by atoms with van der Waals surface area (Å²) in [5.41, 5.74) is 0.992. The number of carbonyl (C=O) groups is 1. The quantitative estimate of drug-likeness (QED) is 0.459. The normalized spacial score (nSPS) is 14.1. The molecule has 1 N–H and O–H groups in total. The molecule has 0 atom stereocenters. The van der Waals surface area contributed by atoms with Gasteiger partial charge in [0.1, 0.15) is 0 Å². The number of benzene rings is 1. The largest absolute Gasteiger partial charge is 0.319 e. The van der Waals surface area contributed by atoms with E-state index in [9.17, 15) is 4.79 Å². The van der Waals surface area contributed by atoms with E-state index in [1.807, 2.05) is 0 Å². The minimum absolute atomic E-state index is 0.0319. The van der Waals surface area contributed by atoms with Crippen LogP contribution >= 0.6 is 0 Å². The summed E-state index contributed by atoms with van der Waals surface area (Å²) >= 11 is 0. The maximum absolute atomic E-state index is 11.1. The van der Waals surface area contributed by atoms with E-state index in [4.69, 9.17) is 5.26 Å². The highest BCUT2D eigenvalue weighted by atomic mass is 17.1. The molecule has 1 heterocycles. The van der Waals surface area contributed by atoms with Crippen LogP contribution in [0.15, 0.2) is 29.3 Å². The number of carbonyl (C=O) groups excluding carboxylic acids is 1. The van der Waals surface area contributed by atoms with Crippen molar-refractivity contribution in [2.24, 2.45) is 4.99 Å². The predicted molar refractivity (Wildman–Crippen MR) is 41.0 cm³/mol. The van der Waals surface area contributed by atoms with Crippen LogP contribution in [0.1, 0.15) is 15.9 Å². The monoisotopic (exact) mass is 163 g/mol. The molecular weight excluding hydrogens is 158 g/mol. The summed E-state index contributed by atoms with van der Waals surface area (Å²) in [5.74, 6) is -0.412. The molecule has 0 saturated carbocycles. The standard InChI is InChI=1S/C8H5NO3/c10-7-5-3-1-2-4-6(5)8(9-7)12-11/h1-4,11H. The van der Waals surface area contributed by atoms with Gasteiger partial charge in [0.05, 0.1) is 11.1 Å². The fourth-order valence-electron chi connectivity index (χ4n) is 1.14. The van der Waals surface area contributed by atoms with Crippen molar-refractivity contribution in [1.82, 2.24) is 0 Å². The molecule has 0 saturated heterocycles. The van der Waals surface area contributed by atoms with Crippen molar-refractivity contribution >= 4 is 11.8 Å². The molecule has 1 aromatic carbocycles. The van der Waals surface area contributed by atoms with Crippen molar-refractivity contribution in [2.45, 2.75) is 0 Å². The highest BCUT2D eigenvalue weighted by Crippen LogP contribution is 2.18. The minimum Gasteiger partial charge on any atom is -0.319 e. The molecule has 0 bridgehead atoms. The number of hydrogen-bond acceptors (Lipinski definition) is 3.